The zero-order valence-electron chi connectivity index (χ0n) is 8.44. The summed E-state index contributed by atoms with van der Waals surface area (Å²) < 4.78 is 5.41. The Bertz CT molecular complexity index is 276. The summed E-state index contributed by atoms with van der Waals surface area (Å²) in [6, 6.07) is 6.33. The molecular formula is C11H16N2O. The van der Waals surface area contributed by atoms with E-state index in [2.05, 4.69) is 10.3 Å². The number of rotatable bonds is 3. The molecule has 2 atom stereocenters. The molecule has 0 amide bonds. The van der Waals surface area contributed by atoms with Crippen molar-refractivity contribution in [2.75, 3.05) is 12.4 Å². The molecule has 76 valence electrons. The van der Waals surface area contributed by atoms with Crippen LogP contribution in [0.15, 0.2) is 24.4 Å². The van der Waals surface area contributed by atoms with Crippen LogP contribution in [-0.2, 0) is 4.74 Å². The largest absolute Gasteiger partial charge is 0.379 e. The van der Waals surface area contributed by atoms with Crippen LogP contribution < -0.4 is 5.32 Å². The van der Waals surface area contributed by atoms with Crippen molar-refractivity contribution in [2.24, 2.45) is 0 Å². The minimum Gasteiger partial charge on any atom is -0.379 e. The molecule has 3 nitrogen and oxygen atoms in total. The fourth-order valence-corrected chi connectivity index (χ4v) is 2.01. The van der Waals surface area contributed by atoms with Crippen molar-refractivity contribution in [1.29, 1.82) is 0 Å². The standard InChI is InChI=1S/C11H16N2O/c1-14-10-6-4-5-9(10)13-11-7-2-3-8-12-11/h2-3,7-10H,4-6H2,1H3,(H,12,13)/t9-,10-/m1/s1. The van der Waals surface area contributed by atoms with Crippen LogP contribution in [-0.4, -0.2) is 24.2 Å². The van der Waals surface area contributed by atoms with E-state index < -0.39 is 0 Å². The van der Waals surface area contributed by atoms with Crippen LogP contribution in [0.4, 0.5) is 5.82 Å². The summed E-state index contributed by atoms with van der Waals surface area (Å²) in [7, 11) is 1.78. The van der Waals surface area contributed by atoms with Crippen LogP contribution in [0.2, 0.25) is 0 Å². The van der Waals surface area contributed by atoms with Gasteiger partial charge in [-0.05, 0) is 31.4 Å². The first-order valence-corrected chi connectivity index (χ1v) is 5.10. The third-order valence-electron chi connectivity index (χ3n) is 2.75. The fourth-order valence-electron chi connectivity index (χ4n) is 2.01. The Morgan fingerprint density at radius 3 is 3.07 bits per heavy atom. The summed E-state index contributed by atoms with van der Waals surface area (Å²) in [6.07, 6.45) is 5.72. The average molecular weight is 192 g/mol. The van der Waals surface area contributed by atoms with Gasteiger partial charge in [0, 0.05) is 13.3 Å². The predicted molar refractivity (Wildman–Crippen MR) is 56.3 cm³/mol. The maximum Gasteiger partial charge on any atom is 0.126 e. The molecule has 1 aromatic heterocycles. The van der Waals surface area contributed by atoms with E-state index in [1.165, 1.54) is 12.8 Å². The highest BCUT2D eigenvalue weighted by Gasteiger charge is 2.26. The number of anilines is 1. The first kappa shape index (κ1) is 9.46. The lowest BCUT2D eigenvalue weighted by molar-refractivity contribution is 0.101. The van der Waals surface area contributed by atoms with Gasteiger partial charge in [-0.25, -0.2) is 4.98 Å². The summed E-state index contributed by atoms with van der Waals surface area (Å²) in [4.78, 5) is 4.24. The zero-order chi connectivity index (χ0) is 9.80. The van der Waals surface area contributed by atoms with Crippen LogP contribution in [0.3, 0.4) is 0 Å². The summed E-state index contributed by atoms with van der Waals surface area (Å²) in [6.45, 7) is 0. The number of pyridine rings is 1. The van der Waals surface area contributed by atoms with Gasteiger partial charge in [0.05, 0.1) is 12.1 Å². The Hall–Kier alpha value is -1.09. The molecule has 0 radical (unpaired) electrons. The van der Waals surface area contributed by atoms with Crippen LogP contribution in [0.25, 0.3) is 0 Å². The van der Waals surface area contributed by atoms with Crippen molar-refractivity contribution in [1.82, 2.24) is 4.98 Å². The van der Waals surface area contributed by atoms with Crippen molar-refractivity contribution in [3.05, 3.63) is 24.4 Å². The number of nitrogens with zero attached hydrogens (tertiary/aromatic N) is 1. The van der Waals surface area contributed by atoms with E-state index in [0.29, 0.717) is 12.1 Å². The molecule has 1 N–H and O–H groups in total. The van der Waals surface area contributed by atoms with E-state index in [1.807, 2.05) is 18.2 Å². The van der Waals surface area contributed by atoms with Gasteiger partial charge in [-0.2, -0.15) is 0 Å². The minimum absolute atomic E-state index is 0.344. The average Bonchev–Trinajstić information content (AvgIpc) is 2.67. The third kappa shape index (κ3) is 2.04. The molecule has 0 spiro atoms. The highest BCUT2D eigenvalue weighted by molar-refractivity contribution is 5.35. The smallest absolute Gasteiger partial charge is 0.126 e. The SMILES string of the molecule is CO[C@@H]1CCC[C@H]1Nc1ccccn1. The number of hydrogen-bond donors (Lipinski definition) is 1. The highest BCUT2D eigenvalue weighted by Crippen LogP contribution is 2.24. The fraction of sp³-hybridized carbons (Fsp3) is 0.545. The molecule has 14 heavy (non-hydrogen) atoms. The van der Waals surface area contributed by atoms with Crippen LogP contribution in [0.5, 0.6) is 0 Å². The Morgan fingerprint density at radius 2 is 2.36 bits per heavy atom. The van der Waals surface area contributed by atoms with Crippen molar-refractivity contribution in [3.63, 3.8) is 0 Å². The quantitative estimate of drug-likeness (QED) is 0.796. The van der Waals surface area contributed by atoms with Gasteiger partial charge in [0.1, 0.15) is 5.82 Å². The zero-order valence-corrected chi connectivity index (χ0v) is 8.44. The molecule has 0 aromatic carbocycles. The van der Waals surface area contributed by atoms with E-state index in [9.17, 15) is 0 Å². The molecule has 1 aliphatic rings. The second kappa shape index (κ2) is 4.42. The Kier molecular flexibility index (Phi) is 2.99. The number of aromatic nitrogens is 1. The molecule has 1 heterocycles. The van der Waals surface area contributed by atoms with Crippen molar-refractivity contribution < 1.29 is 4.74 Å². The molecule has 3 heteroatoms. The monoisotopic (exact) mass is 192 g/mol. The van der Waals surface area contributed by atoms with Gasteiger partial charge in [0.2, 0.25) is 0 Å². The Labute approximate surface area is 84.5 Å². The molecule has 1 saturated carbocycles. The van der Waals surface area contributed by atoms with Gasteiger partial charge < -0.3 is 10.1 Å². The maximum atomic E-state index is 5.41. The molecule has 1 aromatic rings. The number of nitrogens with one attached hydrogen (secondary N) is 1. The van der Waals surface area contributed by atoms with Crippen LogP contribution in [0, 0.1) is 0 Å². The lowest BCUT2D eigenvalue weighted by Crippen LogP contribution is -2.29. The summed E-state index contributed by atoms with van der Waals surface area (Å²) in [5.74, 6) is 0.946. The van der Waals surface area contributed by atoms with Crippen LogP contribution >= 0.6 is 0 Å². The Balaban J connectivity index is 1.97. The van der Waals surface area contributed by atoms with Crippen molar-refractivity contribution >= 4 is 5.82 Å². The topological polar surface area (TPSA) is 34.1 Å². The van der Waals surface area contributed by atoms with E-state index >= 15 is 0 Å². The molecule has 2 rings (SSSR count). The van der Waals surface area contributed by atoms with Gasteiger partial charge in [-0.15, -0.1) is 0 Å². The van der Waals surface area contributed by atoms with E-state index in [4.69, 9.17) is 4.74 Å². The van der Waals surface area contributed by atoms with Gasteiger partial charge in [0.15, 0.2) is 0 Å². The number of ether oxygens (including phenoxy) is 1. The van der Waals surface area contributed by atoms with Gasteiger partial charge in [-0.3, -0.25) is 0 Å². The molecule has 0 aliphatic heterocycles. The van der Waals surface area contributed by atoms with Gasteiger partial charge >= 0.3 is 0 Å². The van der Waals surface area contributed by atoms with Gasteiger partial charge in [0.25, 0.3) is 0 Å². The van der Waals surface area contributed by atoms with E-state index in [0.717, 1.165) is 12.2 Å². The molecule has 1 fully saturated rings. The number of methoxy groups -OCH3 is 1. The first-order valence-electron chi connectivity index (χ1n) is 5.10. The van der Waals surface area contributed by atoms with Crippen LogP contribution in [0.1, 0.15) is 19.3 Å². The summed E-state index contributed by atoms with van der Waals surface area (Å²) in [5.41, 5.74) is 0. The van der Waals surface area contributed by atoms with E-state index in [-0.39, 0.29) is 0 Å². The van der Waals surface area contributed by atoms with E-state index in [1.54, 1.807) is 13.3 Å². The summed E-state index contributed by atoms with van der Waals surface area (Å²) in [5, 5.41) is 3.41. The van der Waals surface area contributed by atoms with Gasteiger partial charge in [-0.1, -0.05) is 6.07 Å². The maximum absolute atomic E-state index is 5.41. The minimum atomic E-state index is 0.344. The molecule has 0 saturated heterocycles. The van der Waals surface area contributed by atoms with Crippen molar-refractivity contribution in [3.8, 4) is 0 Å². The number of hydrogen-bond acceptors (Lipinski definition) is 3. The normalized spacial score (nSPS) is 26.4. The lowest BCUT2D eigenvalue weighted by Gasteiger charge is -2.19. The molecule has 1 aliphatic carbocycles. The second-order valence-corrected chi connectivity index (χ2v) is 3.67. The third-order valence-corrected chi connectivity index (χ3v) is 2.75. The summed E-state index contributed by atoms with van der Waals surface area (Å²) >= 11 is 0. The Morgan fingerprint density at radius 1 is 1.43 bits per heavy atom. The molecule has 0 bridgehead atoms. The lowest BCUT2D eigenvalue weighted by atomic mass is 10.2. The second-order valence-electron chi connectivity index (χ2n) is 3.67. The first-order chi connectivity index (χ1) is 6.90. The highest BCUT2D eigenvalue weighted by atomic mass is 16.5. The molecular weight excluding hydrogens is 176 g/mol. The van der Waals surface area contributed by atoms with Crippen molar-refractivity contribution in [2.45, 2.75) is 31.4 Å². The molecule has 0 unspecified atom stereocenters. The predicted octanol–water partition coefficient (Wildman–Crippen LogP) is 2.06.